The normalized spacial score (nSPS) is 20.7. The summed E-state index contributed by atoms with van der Waals surface area (Å²) in [5.74, 6) is -1.80. The van der Waals surface area contributed by atoms with Crippen molar-refractivity contribution in [1.82, 2.24) is 10.2 Å². The average molecular weight is 406 g/mol. The van der Waals surface area contributed by atoms with E-state index in [2.05, 4.69) is 16.0 Å². The fourth-order valence-corrected chi connectivity index (χ4v) is 3.83. The molecule has 4 rings (SSSR count). The summed E-state index contributed by atoms with van der Waals surface area (Å²) in [4.78, 5) is 38.1. The van der Waals surface area contributed by atoms with Crippen molar-refractivity contribution in [3.05, 3.63) is 58.9 Å². The number of anilines is 2. The first-order chi connectivity index (χ1) is 14.3. The highest BCUT2D eigenvalue weighted by atomic mass is 19.1. The van der Waals surface area contributed by atoms with Crippen LogP contribution < -0.4 is 16.0 Å². The number of rotatable bonds is 5. The maximum Gasteiger partial charge on any atom is 0.254 e. The van der Waals surface area contributed by atoms with Crippen molar-refractivity contribution in [3.63, 3.8) is 0 Å². The summed E-state index contributed by atoms with van der Waals surface area (Å²) in [5, 5.41) is 8.28. The maximum absolute atomic E-state index is 14.3. The number of halogens is 1. The van der Waals surface area contributed by atoms with E-state index < -0.39 is 17.3 Å². The van der Waals surface area contributed by atoms with E-state index in [-0.39, 0.29) is 37.7 Å². The molecule has 1 fully saturated rings. The predicted octanol–water partition coefficient (Wildman–Crippen LogP) is 1.74. The molecular formula is C21H20BFN4O3. The molecular weight excluding hydrogens is 386 g/mol. The summed E-state index contributed by atoms with van der Waals surface area (Å²) >= 11 is 0. The molecule has 2 aliphatic rings. The van der Waals surface area contributed by atoms with Crippen molar-refractivity contribution in [2.24, 2.45) is 0 Å². The summed E-state index contributed by atoms with van der Waals surface area (Å²) in [7, 11) is 7.98. The summed E-state index contributed by atoms with van der Waals surface area (Å²) in [6.45, 7) is 0.347. The quantitative estimate of drug-likeness (QED) is 0.520. The first-order valence-corrected chi connectivity index (χ1v) is 9.60. The Kier molecular flexibility index (Phi) is 4.97. The predicted molar refractivity (Wildman–Crippen MR) is 110 cm³/mol. The molecule has 0 saturated carbocycles. The van der Waals surface area contributed by atoms with Crippen LogP contribution >= 0.6 is 0 Å². The molecule has 152 valence electrons. The topological polar surface area (TPSA) is 90.5 Å². The Hall–Kier alpha value is -3.36. The van der Waals surface area contributed by atoms with E-state index >= 15 is 0 Å². The number of carbonyl (C=O) groups excluding carboxylic acids is 3. The van der Waals surface area contributed by atoms with Gasteiger partial charge in [0.25, 0.3) is 5.91 Å². The number of piperidine rings is 1. The van der Waals surface area contributed by atoms with Gasteiger partial charge in [-0.05, 0) is 30.7 Å². The molecule has 1 saturated heterocycles. The lowest BCUT2D eigenvalue weighted by atomic mass is 9.70. The van der Waals surface area contributed by atoms with Gasteiger partial charge in [-0.25, -0.2) is 4.39 Å². The third-order valence-corrected chi connectivity index (χ3v) is 5.64. The van der Waals surface area contributed by atoms with E-state index in [1.54, 1.807) is 37.4 Å². The second kappa shape index (κ2) is 7.48. The second-order valence-corrected chi connectivity index (χ2v) is 7.43. The van der Waals surface area contributed by atoms with Gasteiger partial charge in [0.15, 0.2) is 0 Å². The van der Waals surface area contributed by atoms with Crippen LogP contribution in [0.2, 0.25) is 0 Å². The minimum absolute atomic E-state index is 0.0587. The number of hydrogen-bond donors (Lipinski definition) is 3. The van der Waals surface area contributed by atoms with Gasteiger partial charge in [0.2, 0.25) is 11.8 Å². The molecule has 0 bridgehead atoms. The van der Waals surface area contributed by atoms with Crippen molar-refractivity contribution in [1.29, 1.82) is 0 Å². The van der Waals surface area contributed by atoms with Crippen LogP contribution in [0.4, 0.5) is 15.8 Å². The van der Waals surface area contributed by atoms with Crippen molar-refractivity contribution in [3.8, 4) is 0 Å². The molecule has 0 aromatic heterocycles. The van der Waals surface area contributed by atoms with Crippen LogP contribution in [0.5, 0.6) is 0 Å². The van der Waals surface area contributed by atoms with Crippen molar-refractivity contribution >= 4 is 36.9 Å². The Labute approximate surface area is 174 Å². The molecule has 2 aromatic carbocycles. The Bertz CT molecular complexity index is 1060. The monoisotopic (exact) mass is 406 g/mol. The molecule has 3 amide bonds. The van der Waals surface area contributed by atoms with Gasteiger partial charge in [-0.15, -0.1) is 0 Å². The summed E-state index contributed by atoms with van der Waals surface area (Å²) in [6, 6.07) is 10.1. The van der Waals surface area contributed by atoms with Gasteiger partial charge in [-0.3, -0.25) is 19.7 Å². The van der Waals surface area contributed by atoms with Crippen molar-refractivity contribution < 1.29 is 18.8 Å². The molecule has 2 aromatic rings. The van der Waals surface area contributed by atoms with Crippen molar-refractivity contribution in [2.45, 2.75) is 31.4 Å². The number of carbonyl (C=O) groups is 3. The molecule has 1 atom stereocenters. The fraction of sp³-hybridized carbons (Fsp3) is 0.286. The number of benzene rings is 2. The number of nitrogens with zero attached hydrogens (tertiary/aromatic N) is 1. The van der Waals surface area contributed by atoms with Crippen molar-refractivity contribution in [2.75, 3.05) is 17.7 Å². The summed E-state index contributed by atoms with van der Waals surface area (Å²) in [6.07, 6.45) is 0.124. The van der Waals surface area contributed by atoms with Crippen LogP contribution in [0.25, 0.3) is 0 Å². The van der Waals surface area contributed by atoms with Gasteiger partial charge in [-0.1, -0.05) is 12.1 Å². The number of imide groups is 1. The van der Waals surface area contributed by atoms with E-state index in [0.29, 0.717) is 28.1 Å². The minimum atomic E-state index is -1.59. The molecule has 30 heavy (non-hydrogen) atoms. The number of fused-ring (bicyclic) bond motifs is 1. The number of amides is 3. The molecule has 3 N–H and O–H groups in total. The molecule has 2 heterocycles. The molecule has 9 heteroatoms. The molecule has 2 radical (unpaired) electrons. The van der Waals surface area contributed by atoms with Gasteiger partial charge < -0.3 is 15.5 Å². The van der Waals surface area contributed by atoms with Crippen LogP contribution in [-0.4, -0.2) is 43.0 Å². The van der Waals surface area contributed by atoms with Gasteiger partial charge in [0, 0.05) is 54.6 Å². The Morgan fingerprint density at radius 1 is 1.23 bits per heavy atom. The van der Waals surface area contributed by atoms with Crippen LogP contribution in [0.1, 0.15) is 34.3 Å². The zero-order valence-electron chi connectivity index (χ0n) is 16.4. The lowest BCUT2D eigenvalue weighted by Gasteiger charge is -2.40. The second-order valence-electron chi connectivity index (χ2n) is 7.43. The molecule has 7 nitrogen and oxygen atoms in total. The van der Waals surface area contributed by atoms with E-state index in [1.807, 2.05) is 0 Å². The third-order valence-electron chi connectivity index (χ3n) is 5.64. The Morgan fingerprint density at radius 3 is 2.73 bits per heavy atom. The lowest BCUT2D eigenvalue weighted by Crippen LogP contribution is -2.63. The lowest BCUT2D eigenvalue weighted by molar-refractivity contribution is -0.138. The largest absolute Gasteiger partial charge is 0.388 e. The third kappa shape index (κ3) is 3.30. The minimum Gasteiger partial charge on any atom is -0.388 e. The molecule has 0 spiro atoms. The zero-order valence-corrected chi connectivity index (χ0v) is 16.4. The van der Waals surface area contributed by atoms with Crippen LogP contribution in [0, 0.1) is 5.82 Å². The van der Waals surface area contributed by atoms with Crippen LogP contribution in [0.3, 0.4) is 0 Å². The molecule has 1 unspecified atom stereocenters. The van der Waals surface area contributed by atoms with Gasteiger partial charge >= 0.3 is 0 Å². The number of hydrogen-bond acceptors (Lipinski definition) is 5. The van der Waals surface area contributed by atoms with E-state index in [1.165, 1.54) is 11.0 Å². The maximum atomic E-state index is 14.3. The first kappa shape index (κ1) is 19.9. The highest BCUT2D eigenvalue weighted by Crippen LogP contribution is 2.36. The highest BCUT2D eigenvalue weighted by molar-refractivity contribution is 6.32. The van der Waals surface area contributed by atoms with Crippen LogP contribution in [0.15, 0.2) is 36.4 Å². The highest BCUT2D eigenvalue weighted by Gasteiger charge is 2.48. The Morgan fingerprint density at radius 2 is 2.03 bits per heavy atom. The van der Waals surface area contributed by atoms with E-state index in [4.69, 9.17) is 7.85 Å². The number of nitrogens with one attached hydrogen (secondary N) is 3. The van der Waals surface area contributed by atoms with Crippen LogP contribution in [-0.2, 0) is 22.7 Å². The van der Waals surface area contributed by atoms with Gasteiger partial charge in [0.05, 0.1) is 5.44 Å². The standard InChI is InChI=1S/C21H20BFN4O3/c1-24-13-6-5-12(16(23)9-13)10-25-17-4-2-3-14-15(17)11-27(19(14)29)21(22)8-7-18(28)26-20(21)30/h2-6,9,24-25H,7-8,10-11H2,1H3,(H,26,28,30). The molecule has 0 aliphatic carbocycles. The Balaban J connectivity index is 1.56. The average Bonchev–Trinajstić information content (AvgIpc) is 3.08. The van der Waals surface area contributed by atoms with Gasteiger partial charge in [-0.2, -0.15) is 0 Å². The summed E-state index contributed by atoms with van der Waals surface area (Å²) in [5.41, 5.74) is 1.35. The zero-order chi connectivity index (χ0) is 21.5. The SMILES string of the molecule is [B]C1(N2Cc3c(NCc4ccc(NC)cc4F)cccc3C2=O)CCC(=O)NC1=O. The van der Waals surface area contributed by atoms with E-state index in [9.17, 15) is 18.8 Å². The first-order valence-electron chi connectivity index (χ1n) is 9.60. The van der Waals surface area contributed by atoms with E-state index in [0.717, 1.165) is 0 Å². The fourth-order valence-electron chi connectivity index (χ4n) is 3.83. The summed E-state index contributed by atoms with van der Waals surface area (Å²) < 4.78 is 14.3. The molecule has 2 aliphatic heterocycles. The smallest absolute Gasteiger partial charge is 0.254 e. The van der Waals surface area contributed by atoms with Gasteiger partial charge in [0.1, 0.15) is 13.7 Å².